The van der Waals surface area contributed by atoms with Gasteiger partial charge < -0.3 is 5.73 Å². The van der Waals surface area contributed by atoms with Gasteiger partial charge in [-0.3, -0.25) is 9.99 Å². The maximum Gasteiger partial charge on any atom is 0.433 e. The fourth-order valence-electron chi connectivity index (χ4n) is 4.33. The molecule has 190 valence electrons. The minimum Gasteiger partial charge on any atom is -0.369 e. The Morgan fingerprint density at radius 3 is 2.08 bits per heavy atom. The van der Waals surface area contributed by atoms with Gasteiger partial charge in [0.15, 0.2) is 0 Å². The summed E-state index contributed by atoms with van der Waals surface area (Å²) in [6.07, 6.45) is -4.13. The minimum atomic E-state index is -4.55. The van der Waals surface area contributed by atoms with Crippen LogP contribution in [0.1, 0.15) is 22.4 Å². The predicted octanol–water partition coefficient (Wildman–Crippen LogP) is 5.71. The van der Waals surface area contributed by atoms with E-state index in [4.69, 9.17) is 28.9 Å². The van der Waals surface area contributed by atoms with Gasteiger partial charge in [0.25, 0.3) is 0 Å². The van der Waals surface area contributed by atoms with E-state index in [0.717, 1.165) is 23.4 Å². The Bertz CT molecular complexity index is 1410. The predicted molar refractivity (Wildman–Crippen MR) is 135 cm³/mol. The zero-order valence-corrected chi connectivity index (χ0v) is 20.8. The van der Waals surface area contributed by atoms with E-state index in [1.807, 2.05) is 24.3 Å². The average molecular weight is 547 g/mol. The van der Waals surface area contributed by atoms with E-state index in [0.29, 0.717) is 26.9 Å². The van der Waals surface area contributed by atoms with Crippen LogP contribution in [0.25, 0.3) is 11.3 Å². The molecule has 37 heavy (non-hydrogen) atoms. The lowest BCUT2D eigenvalue weighted by molar-refractivity contribution is -0.141. The van der Waals surface area contributed by atoms with Crippen molar-refractivity contribution in [2.75, 3.05) is 7.05 Å². The lowest BCUT2D eigenvalue weighted by atomic mass is 9.95. The molecule has 2 amide bonds. The SMILES string of the molecule is CN1C2C(c3ccc(Cl)cc3)=C(c3ccc(Cl)cc3)N=C(N)N2C(=O)N1Cc1ccc(C(F)(F)F)nc1. The standard InChI is InChI=1S/C25H19Cl2F3N6O/c1-34-22-20(15-3-7-17(26)8-4-15)21(16-5-9-18(27)10-6-16)33-23(31)36(22)24(37)35(34)13-14-2-11-19(32-12-14)25(28,29)30/h2-12,22H,13H2,1H3,(H2,31,33). The van der Waals surface area contributed by atoms with Crippen molar-refractivity contribution in [1.82, 2.24) is 19.9 Å². The number of aromatic nitrogens is 1. The number of hydrogen-bond donors (Lipinski definition) is 1. The molecule has 1 fully saturated rings. The molecule has 2 N–H and O–H groups in total. The van der Waals surface area contributed by atoms with E-state index in [1.54, 1.807) is 36.3 Å². The normalized spacial score (nSPS) is 18.4. The number of carbonyl (C=O) groups excluding carboxylic acids is 1. The summed E-state index contributed by atoms with van der Waals surface area (Å²) in [5, 5.41) is 4.16. The van der Waals surface area contributed by atoms with E-state index >= 15 is 0 Å². The van der Waals surface area contributed by atoms with Crippen LogP contribution in [-0.2, 0) is 12.7 Å². The molecule has 2 aliphatic heterocycles. The van der Waals surface area contributed by atoms with Crippen LogP contribution in [0.4, 0.5) is 18.0 Å². The molecule has 12 heteroatoms. The van der Waals surface area contributed by atoms with Crippen molar-refractivity contribution in [3.8, 4) is 0 Å². The van der Waals surface area contributed by atoms with E-state index in [-0.39, 0.29) is 12.5 Å². The number of aliphatic imine (C=N–C) groups is 1. The van der Waals surface area contributed by atoms with Crippen LogP contribution in [0.2, 0.25) is 10.0 Å². The second kappa shape index (κ2) is 9.37. The monoisotopic (exact) mass is 546 g/mol. The lowest BCUT2D eigenvalue weighted by Crippen LogP contribution is -2.48. The average Bonchev–Trinajstić information content (AvgIpc) is 3.10. The Balaban J connectivity index is 1.58. The van der Waals surface area contributed by atoms with Crippen LogP contribution in [0.5, 0.6) is 0 Å². The number of pyridine rings is 1. The molecular weight excluding hydrogens is 528 g/mol. The molecule has 1 saturated heterocycles. The molecule has 1 aromatic heterocycles. The highest BCUT2D eigenvalue weighted by atomic mass is 35.5. The molecule has 7 nitrogen and oxygen atoms in total. The summed E-state index contributed by atoms with van der Waals surface area (Å²) < 4.78 is 38.8. The number of hydrazine groups is 1. The van der Waals surface area contributed by atoms with Crippen molar-refractivity contribution >= 4 is 46.5 Å². The highest BCUT2D eigenvalue weighted by Crippen LogP contribution is 2.41. The van der Waals surface area contributed by atoms with Gasteiger partial charge in [0, 0.05) is 34.4 Å². The number of likely N-dealkylation sites (N-methyl/N-ethyl adjacent to an activating group) is 1. The molecule has 5 rings (SSSR count). The Hall–Kier alpha value is -3.60. The molecule has 3 heterocycles. The second-order valence-corrected chi connectivity index (χ2v) is 9.33. The minimum absolute atomic E-state index is 0.0162. The number of alkyl halides is 3. The summed E-state index contributed by atoms with van der Waals surface area (Å²) in [6.45, 7) is -0.0229. The maximum absolute atomic E-state index is 13.5. The van der Waals surface area contributed by atoms with E-state index in [9.17, 15) is 18.0 Å². The fraction of sp³-hybridized carbons (Fsp3) is 0.160. The number of nitrogens with zero attached hydrogens (tertiary/aromatic N) is 5. The quantitative estimate of drug-likeness (QED) is 0.454. The summed E-state index contributed by atoms with van der Waals surface area (Å²) >= 11 is 12.2. The molecule has 1 unspecified atom stereocenters. The number of benzene rings is 2. The number of carbonyl (C=O) groups is 1. The molecule has 0 radical (unpaired) electrons. The number of nitrogens with two attached hydrogens (primary N) is 1. The zero-order valence-electron chi connectivity index (χ0n) is 19.2. The van der Waals surface area contributed by atoms with Crippen molar-refractivity contribution in [1.29, 1.82) is 0 Å². The Labute approximate surface area is 220 Å². The largest absolute Gasteiger partial charge is 0.433 e. The van der Waals surface area contributed by atoms with Gasteiger partial charge in [-0.05, 0) is 41.5 Å². The topological polar surface area (TPSA) is 78.1 Å². The Morgan fingerprint density at radius 2 is 1.54 bits per heavy atom. The number of fused-ring (bicyclic) bond motifs is 1. The first-order valence-corrected chi connectivity index (χ1v) is 11.8. The zero-order chi connectivity index (χ0) is 26.5. The van der Waals surface area contributed by atoms with Gasteiger partial charge in [-0.2, -0.15) is 18.2 Å². The van der Waals surface area contributed by atoms with Gasteiger partial charge in [0.1, 0.15) is 11.9 Å². The van der Waals surface area contributed by atoms with Crippen molar-refractivity contribution in [3.05, 3.63) is 99.3 Å². The van der Waals surface area contributed by atoms with Crippen LogP contribution < -0.4 is 5.73 Å². The number of guanidine groups is 1. The van der Waals surface area contributed by atoms with Crippen molar-refractivity contribution in [3.63, 3.8) is 0 Å². The van der Waals surface area contributed by atoms with Crippen LogP contribution in [0.3, 0.4) is 0 Å². The Kier molecular flexibility index (Phi) is 6.35. The van der Waals surface area contributed by atoms with Crippen molar-refractivity contribution < 1.29 is 18.0 Å². The first-order chi connectivity index (χ1) is 17.5. The first-order valence-electron chi connectivity index (χ1n) is 11.0. The number of amides is 2. The molecule has 3 aromatic rings. The van der Waals surface area contributed by atoms with Crippen molar-refractivity contribution in [2.24, 2.45) is 10.7 Å². The van der Waals surface area contributed by atoms with Crippen LogP contribution in [-0.4, -0.2) is 45.1 Å². The van der Waals surface area contributed by atoms with Crippen LogP contribution >= 0.6 is 23.2 Å². The summed E-state index contributed by atoms with van der Waals surface area (Å²) in [6, 6.07) is 15.9. The molecule has 2 aromatic carbocycles. The fourth-order valence-corrected chi connectivity index (χ4v) is 4.59. The van der Waals surface area contributed by atoms with E-state index < -0.39 is 24.1 Å². The third kappa shape index (κ3) is 4.63. The second-order valence-electron chi connectivity index (χ2n) is 8.45. The van der Waals surface area contributed by atoms with Gasteiger partial charge in [-0.25, -0.2) is 14.7 Å². The third-order valence-corrected chi connectivity index (χ3v) is 6.62. The summed E-state index contributed by atoms with van der Waals surface area (Å²) in [5.74, 6) is -0.0162. The number of halogens is 5. The summed E-state index contributed by atoms with van der Waals surface area (Å²) in [4.78, 5) is 22.9. The van der Waals surface area contributed by atoms with Gasteiger partial charge >= 0.3 is 12.2 Å². The molecular formula is C25H19Cl2F3N6O. The van der Waals surface area contributed by atoms with Gasteiger partial charge in [-0.1, -0.05) is 53.5 Å². The van der Waals surface area contributed by atoms with E-state index in [1.165, 1.54) is 16.0 Å². The van der Waals surface area contributed by atoms with Crippen molar-refractivity contribution in [2.45, 2.75) is 18.9 Å². The van der Waals surface area contributed by atoms with Crippen LogP contribution in [0.15, 0.2) is 71.9 Å². The molecule has 0 bridgehead atoms. The maximum atomic E-state index is 13.5. The van der Waals surface area contributed by atoms with Gasteiger partial charge in [0.2, 0.25) is 5.96 Å². The van der Waals surface area contributed by atoms with Gasteiger partial charge in [-0.15, -0.1) is 0 Å². The number of urea groups is 1. The lowest BCUT2D eigenvalue weighted by Gasteiger charge is -2.33. The Morgan fingerprint density at radius 1 is 0.946 bits per heavy atom. The molecule has 0 saturated carbocycles. The molecule has 0 aliphatic carbocycles. The number of rotatable bonds is 4. The summed E-state index contributed by atoms with van der Waals surface area (Å²) in [7, 11) is 1.70. The first kappa shape index (κ1) is 25.1. The molecule has 0 spiro atoms. The molecule has 2 aliphatic rings. The highest BCUT2D eigenvalue weighted by molar-refractivity contribution is 6.31. The smallest absolute Gasteiger partial charge is 0.369 e. The summed E-state index contributed by atoms with van der Waals surface area (Å²) in [5.41, 5.74) is 8.45. The third-order valence-electron chi connectivity index (χ3n) is 6.11. The molecule has 1 atom stereocenters. The van der Waals surface area contributed by atoms with Gasteiger partial charge in [0.05, 0.1) is 12.2 Å². The number of hydrogen-bond acceptors (Lipinski definition) is 5. The highest BCUT2D eigenvalue weighted by Gasteiger charge is 2.49. The van der Waals surface area contributed by atoms with Crippen LogP contribution in [0, 0.1) is 0 Å². The van der Waals surface area contributed by atoms with E-state index in [2.05, 4.69) is 9.98 Å².